The maximum Gasteiger partial charge on any atom is 0.220 e. The summed E-state index contributed by atoms with van der Waals surface area (Å²) >= 11 is 5.82. The Morgan fingerprint density at radius 2 is 2.20 bits per heavy atom. The van der Waals surface area contributed by atoms with E-state index < -0.39 is 11.6 Å². The maximum atomic E-state index is 13.9. The Labute approximate surface area is 120 Å². The number of hydrogen-bond donors (Lipinski definition) is 1. The van der Waals surface area contributed by atoms with Crippen molar-refractivity contribution in [2.45, 2.75) is 0 Å². The summed E-state index contributed by atoms with van der Waals surface area (Å²) in [6.45, 7) is 0. The van der Waals surface area contributed by atoms with Crippen LogP contribution in [0.1, 0.15) is 16.1 Å². The molecule has 0 amide bonds. The SMILES string of the molecule is CNc1cc(Cl)cnc1C(=O)c1c(F)cccc1OC. The van der Waals surface area contributed by atoms with E-state index >= 15 is 0 Å². The topological polar surface area (TPSA) is 51.2 Å². The average molecular weight is 295 g/mol. The first-order valence-electron chi connectivity index (χ1n) is 5.79. The zero-order valence-electron chi connectivity index (χ0n) is 10.9. The van der Waals surface area contributed by atoms with E-state index in [1.807, 2.05) is 0 Å². The lowest BCUT2D eigenvalue weighted by atomic mass is 10.0. The second-order valence-electron chi connectivity index (χ2n) is 3.95. The van der Waals surface area contributed by atoms with Gasteiger partial charge in [-0.3, -0.25) is 4.79 Å². The van der Waals surface area contributed by atoms with Gasteiger partial charge in [-0.05, 0) is 18.2 Å². The molecule has 1 heterocycles. The normalized spacial score (nSPS) is 10.2. The third-order valence-corrected chi connectivity index (χ3v) is 2.97. The summed E-state index contributed by atoms with van der Waals surface area (Å²) < 4.78 is 18.9. The van der Waals surface area contributed by atoms with Gasteiger partial charge in [0, 0.05) is 13.2 Å². The van der Waals surface area contributed by atoms with Crippen molar-refractivity contribution in [1.82, 2.24) is 4.98 Å². The van der Waals surface area contributed by atoms with Crippen LogP contribution in [-0.4, -0.2) is 24.9 Å². The number of pyridine rings is 1. The van der Waals surface area contributed by atoms with E-state index in [4.69, 9.17) is 16.3 Å². The lowest BCUT2D eigenvalue weighted by molar-refractivity contribution is 0.102. The molecule has 2 rings (SSSR count). The van der Waals surface area contributed by atoms with E-state index in [2.05, 4.69) is 10.3 Å². The van der Waals surface area contributed by atoms with E-state index in [0.29, 0.717) is 10.7 Å². The number of halogens is 2. The van der Waals surface area contributed by atoms with Crippen molar-refractivity contribution in [3.05, 3.63) is 52.6 Å². The number of carbonyl (C=O) groups is 1. The fraction of sp³-hybridized carbons (Fsp3) is 0.143. The molecule has 0 spiro atoms. The molecule has 104 valence electrons. The number of carbonyl (C=O) groups excluding carboxylic acids is 1. The van der Waals surface area contributed by atoms with Crippen LogP contribution in [0.4, 0.5) is 10.1 Å². The molecule has 2 aromatic rings. The molecule has 0 aliphatic heterocycles. The average Bonchev–Trinajstić information content (AvgIpc) is 2.46. The Hall–Kier alpha value is -2.14. The summed E-state index contributed by atoms with van der Waals surface area (Å²) in [4.78, 5) is 16.4. The number of nitrogens with zero attached hydrogens (tertiary/aromatic N) is 1. The van der Waals surface area contributed by atoms with E-state index in [1.54, 1.807) is 13.1 Å². The standard InChI is InChI=1S/C14H12ClFN2O2/c1-17-10-6-8(15)7-18-13(10)14(19)12-9(16)4-3-5-11(12)20-2/h3-7,17H,1-2H3. The summed E-state index contributed by atoms with van der Waals surface area (Å²) in [7, 11) is 3.00. The molecular formula is C14H12ClFN2O2. The molecule has 6 heteroatoms. The number of ether oxygens (including phenoxy) is 1. The Morgan fingerprint density at radius 3 is 2.85 bits per heavy atom. The summed E-state index contributed by atoms with van der Waals surface area (Å²) in [5, 5.41) is 3.19. The highest BCUT2D eigenvalue weighted by atomic mass is 35.5. The van der Waals surface area contributed by atoms with Crippen molar-refractivity contribution < 1.29 is 13.9 Å². The predicted molar refractivity (Wildman–Crippen MR) is 75.2 cm³/mol. The second-order valence-corrected chi connectivity index (χ2v) is 4.38. The van der Waals surface area contributed by atoms with Crippen molar-refractivity contribution in [3.8, 4) is 5.75 Å². The lowest BCUT2D eigenvalue weighted by Gasteiger charge is -2.11. The number of aromatic nitrogens is 1. The highest BCUT2D eigenvalue weighted by Gasteiger charge is 2.22. The Kier molecular flexibility index (Phi) is 4.20. The van der Waals surface area contributed by atoms with Crippen LogP contribution in [0.2, 0.25) is 5.02 Å². The third-order valence-electron chi connectivity index (χ3n) is 2.76. The summed E-state index contributed by atoms with van der Waals surface area (Å²) in [6.07, 6.45) is 1.34. The number of methoxy groups -OCH3 is 1. The molecular weight excluding hydrogens is 283 g/mol. The van der Waals surface area contributed by atoms with Crippen LogP contribution in [0.25, 0.3) is 0 Å². The van der Waals surface area contributed by atoms with Gasteiger partial charge in [-0.25, -0.2) is 9.37 Å². The van der Waals surface area contributed by atoms with Crippen LogP contribution in [0.5, 0.6) is 5.75 Å². The van der Waals surface area contributed by atoms with Crippen molar-refractivity contribution in [2.24, 2.45) is 0 Å². The van der Waals surface area contributed by atoms with Gasteiger partial charge in [0.15, 0.2) is 0 Å². The molecule has 1 aromatic carbocycles. The van der Waals surface area contributed by atoms with Crippen LogP contribution in [-0.2, 0) is 0 Å². The van der Waals surface area contributed by atoms with Gasteiger partial charge in [0.1, 0.15) is 22.8 Å². The minimum atomic E-state index is -0.659. The smallest absolute Gasteiger partial charge is 0.220 e. The molecule has 0 unspecified atom stereocenters. The van der Waals surface area contributed by atoms with Crippen LogP contribution in [0, 0.1) is 5.82 Å². The first-order valence-corrected chi connectivity index (χ1v) is 6.16. The van der Waals surface area contributed by atoms with Gasteiger partial charge in [0.25, 0.3) is 0 Å². The molecule has 0 aliphatic rings. The van der Waals surface area contributed by atoms with Gasteiger partial charge < -0.3 is 10.1 Å². The largest absolute Gasteiger partial charge is 0.496 e. The predicted octanol–water partition coefficient (Wildman–Crippen LogP) is 3.16. The molecule has 0 aliphatic carbocycles. The van der Waals surface area contributed by atoms with Crippen LogP contribution >= 0.6 is 11.6 Å². The minimum absolute atomic E-state index is 0.0836. The maximum absolute atomic E-state index is 13.9. The lowest BCUT2D eigenvalue weighted by Crippen LogP contribution is -2.11. The molecule has 0 saturated carbocycles. The zero-order chi connectivity index (χ0) is 14.7. The monoisotopic (exact) mass is 294 g/mol. The van der Waals surface area contributed by atoms with Gasteiger partial charge in [0.05, 0.1) is 17.8 Å². The second kappa shape index (κ2) is 5.88. The van der Waals surface area contributed by atoms with E-state index in [-0.39, 0.29) is 17.0 Å². The van der Waals surface area contributed by atoms with Gasteiger partial charge in [-0.1, -0.05) is 17.7 Å². The summed E-state index contributed by atoms with van der Waals surface area (Å²) in [5.41, 5.74) is 0.356. The third kappa shape index (κ3) is 2.58. The number of ketones is 1. The quantitative estimate of drug-likeness (QED) is 0.880. The van der Waals surface area contributed by atoms with E-state index in [0.717, 1.165) is 0 Å². The summed E-state index contributed by atoms with van der Waals surface area (Å²) in [5.74, 6) is -1.07. The molecule has 20 heavy (non-hydrogen) atoms. The number of anilines is 1. The molecule has 1 aromatic heterocycles. The van der Waals surface area contributed by atoms with E-state index in [1.165, 1.54) is 31.5 Å². The van der Waals surface area contributed by atoms with Crippen LogP contribution in [0.15, 0.2) is 30.5 Å². The molecule has 0 saturated heterocycles. The van der Waals surface area contributed by atoms with Crippen LogP contribution < -0.4 is 10.1 Å². The molecule has 4 nitrogen and oxygen atoms in total. The van der Waals surface area contributed by atoms with Crippen molar-refractivity contribution in [2.75, 3.05) is 19.5 Å². The molecule has 0 radical (unpaired) electrons. The van der Waals surface area contributed by atoms with Crippen molar-refractivity contribution in [1.29, 1.82) is 0 Å². The first kappa shape index (κ1) is 14.3. The molecule has 0 atom stereocenters. The number of hydrogen-bond acceptors (Lipinski definition) is 4. The number of rotatable bonds is 4. The first-order chi connectivity index (χ1) is 9.58. The summed E-state index contributed by atoms with van der Waals surface area (Å²) in [6, 6.07) is 5.74. The van der Waals surface area contributed by atoms with Gasteiger partial charge in [-0.2, -0.15) is 0 Å². The number of benzene rings is 1. The van der Waals surface area contributed by atoms with Crippen molar-refractivity contribution in [3.63, 3.8) is 0 Å². The molecule has 0 bridgehead atoms. The Morgan fingerprint density at radius 1 is 1.45 bits per heavy atom. The minimum Gasteiger partial charge on any atom is -0.496 e. The highest BCUT2D eigenvalue weighted by Crippen LogP contribution is 2.27. The van der Waals surface area contributed by atoms with Gasteiger partial charge in [0.2, 0.25) is 5.78 Å². The van der Waals surface area contributed by atoms with E-state index in [9.17, 15) is 9.18 Å². The highest BCUT2D eigenvalue weighted by molar-refractivity contribution is 6.31. The molecule has 1 N–H and O–H groups in total. The van der Waals surface area contributed by atoms with Crippen molar-refractivity contribution >= 4 is 23.1 Å². The van der Waals surface area contributed by atoms with Gasteiger partial charge in [-0.15, -0.1) is 0 Å². The van der Waals surface area contributed by atoms with Crippen LogP contribution in [0.3, 0.4) is 0 Å². The molecule has 0 fully saturated rings. The Balaban J connectivity index is 2.57. The van der Waals surface area contributed by atoms with Gasteiger partial charge >= 0.3 is 0 Å². The zero-order valence-corrected chi connectivity index (χ0v) is 11.7. The fourth-order valence-corrected chi connectivity index (χ4v) is 1.98. The fourth-order valence-electron chi connectivity index (χ4n) is 1.82. The Bertz CT molecular complexity index is 662. The number of nitrogens with one attached hydrogen (secondary N) is 1.